The second kappa shape index (κ2) is 5.89. The molecule has 2 N–H and O–H groups in total. The van der Waals surface area contributed by atoms with E-state index in [4.69, 9.17) is 5.21 Å². The van der Waals surface area contributed by atoms with Crippen LogP contribution in [0.1, 0.15) is 15.9 Å². The van der Waals surface area contributed by atoms with Crippen molar-refractivity contribution in [2.45, 2.75) is 6.18 Å². The number of nitrogens with zero attached hydrogens (tertiary/aromatic N) is 2. The average Bonchev–Trinajstić information content (AvgIpc) is 2.59. The monoisotopic (exact) mass is 333 g/mol. The van der Waals surface area contributed by atoms with Crippen LogP contribution in [-0.4, -0.2) is 21.1 Å². The fraction of sp³-hybridized carbons (Fsp3) is 0.0625. The van der Waals surface area contributed by atoms with E-state index in [1.165, 1.54) is 35.9 Å². The fourth-order valence-electron chi connectivity index (χ4n) is 2.19. The molecule has 5 nitrogen and oxygen atoms in total. The van der Waals surface area contributed by atoms with Crippen LogP contribution >= 0.6 is 0 Å². The third kappa shape index (κ3) is 3.04. The minimum absolute atomic E-state index is 0.184. The van der Waals surface area contributed by atoms with Crippen LogP contribution in [0.25, 0.3) is 22.3 Å². The molecule has 3 rings (SSSR count). The molecule has 0 radical (unpaired) electrons. The first kappa shape index (κ1) is 15.9. The third-order valence-electron chi connectivity index (χ3n) is 3.41. The Bertz CT molecular complexity index is 909. The number of alkyl halides is 3. The standard InChI is InChI=1S/C16H10F3N3O2/c17-16(18,19)11-4-1-9(2-5-11)14-8-20-12-6-3-10(15(23)22-24)7-13(12)21-14/h1-8,24H,(H,22,23). The third-order valence-corrected chi connectivity index (χ3v) is 3.41. The van der Waals surface area contributed by atoms with E-state index in [0.717, 1.165) is 12.1 Å². The summed E-state index contributed by atoms with van der Waals surface area (Å²) in [5, 5.41) is 8.66. The molecule has 0 saturated heterocycles. The number of rotatable bonds is 2. The summed E-state index contributed by atoms with van der Waals surface area (Å²) in [6.45, 7) is 0. The van der Waals surface area contributed by atoms with Gasteiger partial charge in [0.2, 0.25) is 0 Å². The summed E-state index contributed by atoms with van der Waals surface area (Å²) in [6.07, 6.45) is -2.96. The zero-order chi connectivity index (χ0) is 17.3. The van der Waals surface area contributed by atoms with Crippen LogP contribution in [0.5, 0.6) is 0 Å². The molecule has 0 atom stereocenters. The highest BCUT2D eigenvalue weighted by atomic mass is 19.4. The fourth-order valence-corrected chi connectivity index (χ4v) is 2.19. The van der Waals surface area contributed by atoms with E-state index in [9.17, 15) is 18.0 Å². The Labute approximate surface area is 133 Å². The Kier molecular flexibility index (Phi) is 3.90. The number of benzene rings is 2. The van der Waals surface area contributed by atoms with Crippen LogP contribution in [0.3, 0.4) is 0 Å². The van der Waals surface area contributed by atoms with Crippen LogP contribution in [0, 0.1) is 0 Å². The summed E-state index contributed by atoms with van der Waals surface area (Å²) < 4.78 is 37.8. The van der Waals surface area contributed by atoms with Crippen molar-refractivity contribution in [3.63, 3.8) is 0 Å². The largest absolute Gasteiger partial charge is 0.416 e. The van der Waals surface area contributed by atoms with Crippen molar-refractivity contribution in [1.29, 1.82) is 0 Å². The van der Waals surface area contributed by atoms with Crippen molar-refractivity contribution in [2.24, 2.45) is 0 Å². The molecule has 0 aliphatic carbocycles. The van der Waals surface area contributed by atoms with Gasteiger partial charge in [-0.05, 0) is 30.3 Å². The lowest BCUT2D eigenvalue weighted by atomic mass is 10.1. The molecular formula is C16H10F3N3O2. The lowest BCUT2D eigenvalue weighted by Crippen LogP contribution is -2.18. The highest BCUT2D eigenvalue weighted by Gasteiger charge is 2.30. The van der Waals surface area contributed by atoms with Crippen molar-refractivity contribution < 1.29 is 23.2 Å². The van der Waals surface area contributed by atoms with E-state index in [-0.39, 0.29) is 5.56 Å². The molecule has 1 amide bonds. The van der Waals surface area contributed by atoms with Crippen LogP contribution in [-0.2, 0) is 6.18 Å². The maximum absolute atomic E-state index is 12.6. The van der Waals surface area contributed by atoms with E-state index in [1.54, 1.807) is 6.07 Å². The number of hydrogen-bond donors (Lipinski definition) is 2. The predicted octanol–water partition coefficient (Wildman–Crippen LogP) is 3.43. The first-order valence-electron chi connectivity index (χ1n) is 6.77. The quantitative estimate of drug-likeness (QED) is 0.556. The number of carbonyl (C=O) groups excluding carboxylic acids is 1. The zero-order valence-electron chi connectivity index (χ0n) is 12.0. The lowest BCUT2D eigenvalue weighted by Gasteiger charge is -2.08. The molecule has 0 fully saturated rings. The molecular weight excluding hydrogens is 323 g/mol. The Hall–Kier alpha value is -3.00. The number of halogens is 3. The van der Waals surface area contributed by atoms with Crippen LogP contribution < -0.4 is 5.48 Å². The second-order valence-corrected chi connectivity index (χ2v) is 4.97. The number of nitrogens with one attached hydrogen (secondary N) is 1. The Morgan fingerprint density at radius 2 is 1.75 bits per heavy atom. The molecule has 122 valence electrons. The van der Waals surface area contributed by atoms with Crippen molar-refractivity contribution in [3.05, 3.63) is 59.8 Å². The molecule has 0 aliphatic rings. The normalized spacial score (nSPS) is 11.5. The maximum atomic E-state index is 12.6. The van der Waals surface area contributed by atoms with Gasteiger partial charge in [0.25, 0.3) is 5.91 Å². The second-order valence-electron chi connectivity index (χ2n) is 4.97. The number of hydrogen-bond acceptors (Lipinski definition) is 4. The summed E-state index contributed by atoms with van der Waals surface area (Å²) in [5.74, 6) is -0.696. The Balaban J connectivity index is 2.02. The number of fused-ring (bicyclic) bond motifs is 1. The van der Waals surface area contributed by atoms with Crippen LogP contribution in [0.4, 0.5) is 13.2 Å². The SMILES string of the molecule is O=C(NO)c1ccc2ncc(-c3ccc(C(F)(F)F)cc3)nc2c1. The van der Waals surface area contributed by atoms with E-state index >= 15 is 0 Å². The van der Waals surface area contributed by atoms with Gasteiger partial charge in [0.1, 0.15) is 0 Å². The van der Waals surface area contributed by atoms with Gasteiger partial charge in [-0.25, -0.2) is 10.5 Å². The molecule has 0 bridgehead atoms. The molecule has 0 unspecified atom stereocenters. The first-order chi connectivity index (χ1) is 11.4. The van der Waals surface area contributed by atoms with E-state index in [2.05, 4.69) is 9.97 Å². The van der Waals surface area contributed by atoms with Gasteiger partial charge in [-0.2, -0.15) is 13.2 Å². The molecule has 0 aliphatic heterocycles. The molecule has 24 heavy (non-hydrogen) atoms. The number of amides is 1. The van der Waals surface area contributed by atoms with Gasteiger partial charge in [-0.3, -0.25) is 15.0 Å². The van der Waals surface area contributed by atoms with Crippen LogP contribution in [0.15, 0.2) is 48.7 Å². The lowest BCUT2D eigenvalue weighted by molar-refractivity contribution is -0.137. The smallest absolute Gasteiger partial charge is 0.288 e. The molecule has 3 aromatic rings. The van der Waals surface area contributed by atoms with Gasteiger partial charge in [0.05, 0.1) is 28.5 Å². The first-order valence-corrected chi connectivity index (χ1v) is 6.77. The highest BCUT2D eigenvalue weighted by molar-refractivity contribution is 5.96. The van der Waals surface area contributed by atoms with E-state index < -0.39 is 17.6 Å². The maximum Gasteiger partial charge on any atom is 0.416 e. The van der Waals surface area contributed by atoms with Gasteiger partial charge in [0, 0.05) is 11.1 Å². The van der Waals surface area contributed by atoms with E-state index in [1.807, 2.05) is 0 Å². The van der Waals surface area contributed by atoms with Gasteiger partial charge < -0.3 is 0 Å². The molecule has 8 heteroatoms. The molecule has 0 saturated carbocycles. The van der Waals surface area contributed by atoms with Gasteiger partial charge in [-0.1, -0.05) is 12.1 Å². The van der Waals surface area contributed by atoms with Gasteiger partial charge in [-0.15, -0.1) is 0 Å². The summed E-state index contributed by atoms with van der Waals surface area (Å²) in [4.78, 5) is 19.9. The summed E-state index contributed by atoms with van der Waals surface area (Å²) in [5.41, 5.74) is 2.69. The van der Waals surface area contributed by atoms with Crippen molar-refractivity contribution >= 4 is 16.9 Å². The minimum Gasteiger partial charge on any atom is -0.288 e. The highest BCUT2D eigenvalue weighted by Crippen LogP contribution is 2.30. The summed E-state index contributed by atoms with van der Waals surface area (Å²) >= 11 is 0. The van der Waals surface area contributed by atoms with Crippen molar-refractivity contribution in [3.8, 4) is 11.3 Å². The van der Waals surface area contributed by atoms with E-state index in [0.29, 0.717) is 22.3 Å². The summed E-state index contributed by atoms with van der Waals surface area (Å²) in [6, 6.07) is 9.02. The van der Waals surface area contributed by atoms with Crippen molar-refractivity contribution in [1.82, 2.24) is 15.4 Å². The molecule has 1 heterocycles. The Morgan fingerprint density at radius 1 is 1.04 bits per heavy atom. The number of hydroxylamine groups is 1. The van der Waals surface area contributed by atoms with Crippen LogP contribution in [0.2, 0.25) is 0 Å². The summed E-state index contributed by atoms with van der Waals surface area (Å²) in [7, 11) is 0. The number of carbonyl (C=O) groups is 1. The topological polar surface area (TPSA) is 75.1 Å². The number of aromatic nitrogens is 2. The molecule has 1 aromatic heterocycles. The molecule has 2 aromatic carbocycles. The van der Waals surface area contributed by atoms with Crippen molar-refractivity contribution in [2.75, 3.05) is 0 Å². The average molecular weight is 333 g/mol. The predicted molar refractivity (Wildman–Crippen MR) is 79.2 cm³/mol. The van der Waals surface area contributed by atoms with Gasteiger partial charge in [0.15, 0.2) is 0 Å². The zero-order valence-corrected chi connectivity index (χ0v) is 12.0. The molecule has 0 spiro atoms. The Morgan fingerprint density at radius 3 is 2.38 bits per heavy atom. The van der Waals surface area contributed by atoms with Gasteiger partial charge >= 0.3 is 6.18 Å². The minimum atomic E-state index is -4.40.